The van der Waals surface area contributed by atoms with Gasteiger partial charge in [-0.1, -0.05) is 65.2 Å². The lowest BCUT2D eigenvalue weighted by Crippen LogP contribution is -2.13. The Morgan fingerprint density at radius 3 is 2.16 bits per heavy atom. The molecule has 0 aromatic rings. The maximum Gasteiger partial charge on any atom is 0.104 e. The van der Waals surface area contributed by atoms with Gasteiger partial charge in [0.05, 0.1) is 13.2 Å². The molecule has 0 bridgehead atoms. The van der Waals surface area contributed by atoms with Crippen LogP contribution in [-0.2, 0) is 9.47 Å². The maximum absolute atomic E-state index is 5.80. The molecular formula is C17H34O2. The third kappa shape index (κ3) is 10.4. The number of rotatable bonds is 14. The highest BCUT2D eigenvalue weighted by atomic mass is 16.6. The van der Waals surface area contributed by atoms with Crippen LogP contribution in [0.2, 0.25) is 0 Å². The molecule has 0 aromatic carbocycles. The van der Waals surface area contributed by atoms with Crippen molar-refractivity contribution >= 4 is 0 Å². The summed E-state index contributed by atoms with van der Waals surface area (Å²) in [5.41, 5.74) is 0. The highest BCUT2D eigenvalue weighted by Crippen LogP contribution is 2.19. The molecule has 114 valence electrons. The molecule has 2 nitrogen and oxygen atoms in total. The van der Waals surface area contributed by atoms with Crippen LogP contribution in [0.1, 0.15) is 78.1 Å². The zero-order valence-electron chi connectivity index (χ0n) is 13.2. The Kier molecular flexibility index (Phi) is 10.5. The monoisotopic (exact) mass is 270 g/mol. The van der Waals surface area contributed by atoms with E-state index < -0.39 is 0 Å². The van der Waals surface area contributed by atoms with E-state index in [9.17, 15) is 0 Å². The summed E-state index contributed by atoms with van der Waals surface area (Å²) in [4.78, 5) is 0. The summed E-state index contributed by atoms with van der Waals surface area (Å²) in [5.74, 6) is 0.784. The lowest BCUT2D eigenvalue weighted by atomic mass is 9.95. The number of epoxide rings is 1. The van der Waals surface area contributed by atoms with Crippen LogP contribution >= 0.6 is 0 Å². The van der Waals surface area contributed by atoms with Gasteiger partial charge in [0.15, 0.2) is 0 Å². The Balaban J connectivity index is 2.03. The van der Waals surface area contributed by atoms with E-state index in [1.54, 1.807) is 0 Å². The lowest BCUT2D eigenvalue weighted by molar-refractivity contribution is 0.0788. The van der Waals surface area contributed by atoms with E-state index in [-0.39, 0.29) is 0 Å². The molecule has 0 saturated carbocycles. The van der Waals surface area contributed by atoms with Crippen molar-refractivity contribution in [3.05, 3.63) is 0 Å². The van der Waals surface area contributed by atoms with Crippen molar-refractivity contribution in [1.29, 1.82) is 0 Å². The average molecular weight is 270 g/mol. The SMILES string of the molecule is CCCCCCCC(CCCCC)COCC1CO1. The minimum absolute atomic E-state index is 0.417. The van der Waals surface area contributed by atoms with Crippen LogP contribution in [0.5, 0.6) is 0 Å². The number of hydrogen-bond acceptors (Lipinski definition) is 2. The molecule has 0 aromatic heterocycles. The Hall–Kier alpha value is -0.0800. The number of ether oxygens (including phenoxy) is 2. The first-order chi connectivity index (χ1) is 9.36. The van der Waals surface area contributed by atoms with Gasteiger partial charge in [-0.3, -0.25) is 0 Å². The quantitative estimate of drug-likeness (QED) is 0.329. The van der Waals surface area contributed by atoms with E-state index in [1.165, 1.54) is 64.2 Å². The molecule has 19 heavy (non-hydrogen) atoms. The molecule has 1 aliphatic rings. The highest BCUT2D eigenvalue weighted by Gasteiger charge is 2.22. The van der Waals surface area contributed by atoms with Crippen molar-refractivity contribution < 1.29 is 9.47 Å². The van der Waals surface area contributed by atoms with Gasteiger partial charge in [-0.25, -0.2) is 0 Å². The zero-order chi connectivity index (χ0) is 13.8. The van der Waals surface area contributed by atoms with Gasteiger partial charge in [0.2, 0.25) is 0 Å². The largest absolute Gasteiger partial charge is 0.378 e. The molecule has 0 radical (unpaired) electrons. The standard InChI is InChI=1S/C17H34O2/c1-3-5-7-8-10-12-16(11-9-6-4-2)13-18-14-17-15-19-17/h16-17H,3-15H2,1-2H3. The van der Waals surface area contributed by atoms with Gasteiger partial charge in [0.1, 0.15) is 6.10 Å². The molecule has 2 atom stereocenters. The molecule has 1 fully saturated rings. The predicted molar refractivity (Wildman–Crippen MR) is 81.6 cm³/mol. The topological polar surface area (TPSA) is 21.8 Å². The number of hydrogen-bond donors (Lipinski definition) is 0. The molecule has 0 spiro atoms. The predicted octanol–water partition coefficient (Wildman–Crippen LogP) is 4.96. The fourth-order valence-corrected chi connectivity index (χ4v) is 2.56. The minimum Gasteiger partial charge on any atom is -0.378 e. The van der Waals surface area contributed by atoms with E-state index in [4.69, 9.17) is 9.47 Å². The first-order valence-electron chi connectivity index (χ1n) is 8.56. The molecule has 0 N–H and O–H groups in total. The van der Waals surface area contributed by atoms with E-state index >= 15 is 0 Å². The molecule has 1 aliphatic heterocycles. The maximum atomic E-state index is 5.80. The van der Waals surface area contributed by atoms with Crippen LogP contribution in [0.25, 0.3) is 0 Å². The fourth-order valence-electron chi connectivity index (χ4n) is 2.56. The smallest absolute Gasteiger partial charge is 0.104 e. The Bertz CT molecular complexity index is 190. The molecule has 1 rings (SSSR count). The second-order valence-electron chi connectivity index (χ2n) is 6.06. The van der Waals surface area contributed by atoms with Crippen molar-refractivity contribution in [2.75, 3.05) is 19.8 Å². The van der Waals surface area contributed by atoms with Crippen LogP contribution in [0.3, 0.4) is 0 Å². The van der Waals surface area contributed by atoms with E-state index in [0.717, 1.165) is 25.7 Å². The first kappa shape index (κ1) is 17.0. The van der Waals surface area contributed by atoms with Gasteiger partial charge >= 0.3 is 0 Å². The Labute approximate surface area is 120 Å². The van der Waals surface area contributed by atoms with Crippen molar-refractivity contribution in [2.45, 2.75) is 84.2 Å². The zero-order valence-corrected chi connectivity index (χ0v) is 13.2. The van der Waals surface area contributed by atoms with Crippen molar-refractivity contribution in [1.82, 2.24) is 0 Å². The van der Waals surface area contributed by atoms with Crippen molar-refractivity contribution in [2.24, 2.45) is 5.92 Å². The molecule has 0 amide bonds. The average Bonchev–Trinajstić information content (AvgIpc) is 3.22. The summed E-state index contributed by atoms with van der Waals surface area (Å²) < 4.78 is 11.0. The van der Waals surface area contributed by atoms with Gasteiger partial charge < -0.3 is 9.47 Å². The lowest BCUT2D eigenvalue weighted by Gasteiger charge is -2.16. The third-order valence-electron chi connectivity index (χ3n) is 3.99. The summed E-state index contributed by atoms with van der Waals surface area (Å²) in [6.45, 7) is 7.25. The number of unbranched alkanes of at least 4 members (excludes halogenated alkanes) is 6. The van der Waals surface area contributed by atoms with Gasteiger partial charge in [-0.15, -0.1) is 0 Å². The second-order valence-corrected chi connectivity index (χ2v) is 6.06. The molecule has 2 heteroatoms. The van der Waals surface area contributed by atoms with Gasteiger partial charge in [0, 0.05) is 6.61 Å². The van der Waals surface area contributed by atoms with E-state index in [2.05, 4.69) is 13.8 Å². The minimum atomic E-state index is 0.417. The summed E-state index contributed by atoms with van der Waals surface area (Å²) in [6, 6.07) is 0. The van der Waals surface area contributed by atoms with Gasteiger partial charge in [0.25, 0.3) is 0 Å². The Morgan fingerprint density at radius 1 is 0.947 bits per heavy atom. The van der Waals surface area contributed by atoms with Crippen molar-refractivity contribution in [3.63, 3.8) is 0 Å². The van der Waals surface area contributed by atoms with Gasteiger partial charge in [-0.2, -0.15) is 0 Å². The molecule has 1 heterocycles. The first-order valence-corrected chi connectivity index (χ1v) is 8.56. The van der Waals surface area contributed by atoms with E-state index in [0.29, 0.717) is 6.10 Å². The van der Waals surface area contributed by atoms with E-state index in [1.807, 2.05) is 0 Å². The van der Waals surface area contributed by atoms with Crippen LogP contribution in [0, 0.1) is 5.92 Å². The normalized spacial score (nSPS) is 19.6. The van der Waals surface area contributed by atoms with Crippen LogP contribution in [-0.4, -0.2) is 25.9 Å². The fraction of sp³-hybridized carbons (Fsp3) is 1.00. The third-order valence-corrected chi connectivity index (χ3v) is 3.99. The Morgan fingerprint density at radius 2 is 1.53 bits per heavy atom. The van der Waals surface area contributed by atoms with Crippen LogP contribution < -0.4 is 0 Å². The van der Waals surface area contributed by atoms with Crippen molar-refractivity contribution in [3.8, 4) is 0 Å². The summed E-state index contributed by atoms with van der Waals surface area (Å²) >= 11 is 0. The molecule has 1 saturated heterocycles. The molecule has 2 unspecified atom stereocenters. The second kappa shape index (κ2) is 11.7. The molecular weight excluding hydrogens is 236 g/mol. The summed E-state index contributed by atoms with van der Waals surface area (Å²) in [5, 5.41) is 0. The molecule has 0 aliphatic carbocycles. The highest BCUT2D eigenvalue weighted by molar-refractivity contribution is 4.68. The summed E-state index contributed by atoms with van der Waals surface area (Å²) in [6.07, 6.45) is 14.1. The van der Waals surface area contributed by atoms with Crippen LogP contribution in [0.4, 0.5) is 0 Å². The van der Waals surface area contributed by atoms with Gasteiger partial charge in [-0.05, 0) is 18.8 Å². The van der Waals surface area contributed by atoms with Crippen LogP contribution in [0.15, 0.2) is 0 Å². The summed E-state index contributed by atoms with van der Waals surface area (Å²) in [7, 11) is 0.